The molecule has 0 saturated heterocycles. The zero-order chi connectivity index (χ0) is 7.52. The van der Waals surface area contributed by atoms with Gasteiger partial charge in [-0.05, 0) is 12.5 Å². The Morgan fingerprint density at radius 3 is 2.75 bits per heavy atom. The Labute approximate surface area is 95.9 Å². The van der Waals surface area contributed by atoms with E-state index in [2.05, 4.69) is 17.4 Å². The fraction of sp³-hybridized carbons (Fsp3) is 0. The van der Waals surface area contributed by atoms with Crippen LogP contribution in [0.3, 0.4) is 0 Å². The number of nitrogens with zero attached hydrogens (tertiary/aromatic N) is 1. The van der Waals surface area contributed by atoms with Gasteiger partial charge in [-0.3, -0.25) is 0 Å². The van der Waals surface area contributed by atoms with Gasteiger partial charge in [0, 0.05) is 32.7 Å². The Kier molecular flexibility index (Phi) is 3.63. The van der Waals surface area contributed by atoms with Crippen LogP contribution in [0.1, 0.15) is 0 Å². The number of aromatic nitrogens is 1. The summed E-state index contributed by atoms with van der Waals surface area (Å²) in [5, 5.41) is 0. The molecule has 0 unspecified atom stereocenters. The minimum atomic E-state index is 0. The first-order valence-electron chi connectivity index (χ1n) is 3.25. The van der Waals surface area contributed by atoms with Gasteiger partial charge < -0.3 is 9.40 Å². The smallest absolute Gasteiger partial charge is 0 e. The Balaban J connectivity index is 0.000000720. The molecule has 0 amide bonds. The molecule has 0 bridgehead atoms. The van der Waals surface area contributed by atoms with Crippen molar-refractivity contribution in [2.24, 2.45) is 0 Å². The molecule has 0 aromatic carbocycles. The molecular weight excluding hydrogens is 227 g/mol. The SMILES string of the molecule is [Y].[c-]1ncccc1-c1[c-]occ1. The number of rotatable bonds is 1. The van der Waals surface area contributed by atoms with Gasteiger partial charge in [0.15, 0.2) is 0 Å². The zero-order valence-electron chi connectivity index (χ0n) is 6.32. The molecule has 0 fully saturated rings. The summed E-state index contributed by atoms with van der Waals surface area (Å²) in [6.07, 6.45) is 8.80. The van der Waals surface area contributed by atoms with E-state index < -0.39 is 0 Å². The standard InChI is InChI=1S/C9H5NO.Y/c1-2-8(6-10-4-1)9-3-5-11-7-9;/h1-5H;/q-2;. The molecule has 0 aliphatic rings. The molecule has 2 rings (SSSR count). The minimum absolute atomic E-state index is 0. The molecule has 12 heavy (non-hydrogen) atoms. The van der Waals surface area contributed by atoms with E-state index in [4.69, 9.17) is 4.42 Å². The van der Waals surface area contributed by atoms with Crippen molar-refractivity contribution in [3.8, 4) is 11.1 Å². The molecule has 0 N–H and O–H groups in total. The van der Waals surface area contributed by atoms with Crippen LogP contribution in [0.4, 0.5) is 0 Å². The summed E-state index contributed by atoms with van der Waals surface area (Å²) in [5.41, 5.74) is 1.79. The van der Waals surface area contributed by atoms with Crippen LogP contribution in [0.15, 0.2) is 35.1 Å². The molecule has 0 spiro atoms. The second-order valence-electron chi connectivity index (χ2n) is 2.10. The van der Waals surface area contributed by atoms with Crippen LogP contribution in [0.25, 0.3) is 11.1 Å². The van der Waals surface area contributed by atoms with Crippen molar-refractivity contribution in [3.05, 3.63) is 43.1 Å². The maximum absolute atomic E-state index is 4.80. The number of pyridine rings is 1. The quantitative estimate of drug-likeness (QED) is 0.702. The van der Waals surface area contributed by atoms with Crippen molar-refractivity contribution >= 4 is 0 Å². The van der Waals surface area contributed by atoms with E-state index in [9.17, 15) is 0 Å². The number of hydrogen-bond donors (Lipinski definition) is 0. The summed E-state index contributed by atoms with van der Waals surface area (Å²) in [7, 11) is 0. The van der Waals surface area contributed by atoms with Crippen LogP contribution in [-0.4, -0.2) is 4.98 Å². The monoisotopic (exact) mass is 232 g/mol. The summed E-state index contributed by atoms with van der Waals surface area (Å²) in [6, 6.07) is 5.59. The predicted octanol–water partition coefficient (Wildman–Crippen LogP) is 1.94. The molecule has 2 aromatic heterocycles. The van der Waals surface area contributed by atoms with E-state index in [1.165, 1.54) is 0 Å². The molecule has 0 saturated carbocycles. The summed E-state index contributed by atoms with van der Waals surface area (Å²) in [6.45, 7) is 0. The Hall–Kier alpha value is -0.466. The van der Waals surface area contributed by atoms with Gasteiger partial charge in [-0.25, -0.2) is 5.56 Å². The molecule has 57 valence electrons. The maximum atomic E-state index is 4.80. The summed E-state index contributed by atoms with van der Waals surface area (Å²) < 4.78 is 4.80. The molecule has 2 aromatic rings. The predicted molar refractivity (Wildman–Crippen MR) is 39.6 cm³/mol. The second-order valence-corrected chi connectivity index (χ2v) is 2.10. The normalized spacial score (nSPS) is 9.00. The van der Waals surface area contributed by atoms with Gasteiger partial charge in [-0.1, -0.05) is 12.4 Å². The zero-order valence-corrected chi connectivity index (χ0v) is 9.16. The van der Waals surface area contributed by atoms with Gasteiger partial charge in [-0.2, -0.15) is 17.7 Å². The third kappa shape index (κ3) is 2.02. The summed E-state index contributed by atoms with van der Waals surface area (Å²) in [4.78, 5) is 3.85. The van der Waals surface area contributed by atoms with Crippen LogP contribution in [0.5, 0.6) is 0 Å². The largest absolute Gasteiger partial charge is 0.576 e. The Morgan fingerprint density at radius 2 is 2.17 bits per heavy atom. The molecule has 2 nitrogen and oxygen atoms in total. The van der Waals surface area contributed by atoms with Gasteiger partial charge in [0.2, 0.25) is 0 Å². The Bertz CT molecular complexity index is 318. The van der Waals surface area contributed by atoms with Crippen LogP contribution < -0.4 is 0 Å². The third-order valence-corrected chi connectivity index (χ3v) is 1.37. The average Bonchev–Trinajstić information content (AvgIpc) is 2.58. The maximum Gasteiger partial charge on any atom is 0 e. The molecule has 1 radical (unpaired) electrons. The first-order valence-corrected chi connectivity index (χ1v) is 3.25. The van der Waals surface area contributed by atoms with E-state index in [1.807, 2.05) is 18.2 Å². The molecular formula is C9H5NOY-2. The third-order valence-electron chi connectivity index (χ3n) is 1.37. The van der Waals surface area contributed by atoms with Crippen molar-refractivity contribution in [3.63, 3.8) is 0 Å². The van der Waals surface area contributed by atoms with E-state index in [-0.39, 0.29) is 32.7 Å². The summed E-state index contributed by atoms with van der Waals surface area (Å²) in [5.74, 6) is 0. The van der Waals surface area contributed by atoms with Crippen molar-refractivity contribution in [1.29, 1.82) is 0 Å². The minimum Gasteiger partial charge on any atom is -0.576 e. The topological polar surface area (TPSA) is 26.0 Å². The van der Waals surface area contributed by atoms with Crippen molar-refractivity contribution in [1.82, 2.24) is 4.98 Å². The van der Waals surface area contributed by atoms with E-state index in [1.54, 1.807) is 12.5 Å². The van der Waals surface area contributed by atoms with Crippen molar-refractivity contribution in [2.75, 3.05) is 0 Å². The molecule has 2 heterocycles. The Morgan fingerprint density at radius 1 is 1.25 bits per heavy atom. The van der Waals surface area contributed by atoms with Crippen LogP contribution in [-0.2, 0) is 32.7 Å². The van der Waals surface area contributed by atoms with Gasteiger partial charge in [0.1, 0.15) is 0 Å². The first-order chi connectivity index (χ1) is 5.47. The average molecular weight is 232 g/mol. The summed E-state index contributed by atoms with van der Waals surface area (Å²) >= 11 is 0. The molecule has 0 aliphatic heterocycles. The molecule has 0 atom stereocenters. The van der Waals surface area contributed by atoms with E-state index in [0.717, 1.165) is 11.1 Å². The fourth-order valence-corrected chi connectivity index (χ4v) is 0.855. The van der Waals surface area contributed by atoms with Crippen LogP contribution in [0.2, 0.25) is 0 Å². The number of hydrogen-bond acceptors (Lipinski definition) is 2. The van der Waals surface area contributed by atoms with Crippen molar-refractivity contribution in [2.45, 2.75) is 0 Å². The second kappa shape index (κ2) is 4.53. The van der Waals surface area contributed by atoms with Crippen LogP contribution >= 0.6 is 0 Å². The van der Waals surface area contributed by atoms with Gasteiger partial charge in [0.05, 0.1) is 0 Å². The van der Waals surface area contributed by atoms with E-state index in [0.29, 0.717) is 0 Å². The van der Waals surface area contributed by atoms with E-state index >= 15 is 0 Å². The van der Waals surface area contributed by atoms with Crippen molar-refractivity contribution < 1.29 is 37.1 Å². The number of furan rings is 1. The first kappa shape index (κ1) is 9.62. The molecule has 0 aliphatic carbocycles. The fourth-order valence-electron chi connectivity index (χ4n) is 0.855. The van der Waals surface area contributed by atoms with Crippen LogP contribution in [0, 0.1) is 12.5 Å². The van der Waals surface area contributed by atoms with Gasteiger partial charge in [0.25, 0.3) is 0 Å². The van der Waals surface area contributed by atoms with Gasteiger partial charge in [-0.15, -0.1) is 6.07 Å². The van der Waals surface area contributed by atoms with Gasteiger partial charge >= 0.3 is 0 Å². The molecule has 3 heteroatoms.